The van der Waals surface area contributed by atoms with E-state index in [1.807, 2.05) is 13.0 Å². The Morgan fingerprint density at radius 1 is 0.815 bits per heavy atom. The highest BCUT2D eigenvalue weighted by Crippen LogP contribution is 2.22. The first-order valence-corrected chi connectivity index (χ1v) is 8.97. The van der Waals surface area contributed by atoms with Crippen LogP contribution in [0.3, 0.4) is 0 Å². The van der Waals surface area contributed by atoms with Gasteiger partial charge in [-0.25, -0.2) is 4.39 Å². The summed E-state index contributed by atoms with van der Waals surface area (Å²) in [6.45, 7) is 1.83. The van der Waals surface area contributed by atoms with Crippen LogP contribution in [-0.2, 0) is 0 Å². The van der Waals surface area contributed by atoms with Crippen molar-refractivity contribution < 1.29 is 14.0 Å². The summed E-state index contributed by atoms with van der Waals surface area (Å²) in [5.74, 6) is -1.27. The fraction of sp³-hybridized carbons (Fsp3) is 0.0476. The number of nitrogens with one attached hydrogen (secondary N) is 2. The van der Waals surface area contributed by atoms with Crippen molar-refractivity contribution in [3.05, 3.63) is 93.7 Å². The Kier molecular flexibility index (Phi) is 5.66. The maximum atomic E-state index is 13.9. The van der Waals surface area contributed by atoms with E-state index in [0.29, 0.717) is 21.3 Å². The van der Waals surface area contributed by atoms with Gasteiger partial charge >= 0.3 is 0 Å². The molecule has 0 atom stereocenters. The molecule has 0 aromatic heterocycles. The molecule has 0 aliphatic carbocycles. The fourth-order valence-electron chi connectivity index (χ4n) is 2.47. The predicted molar refractivity (Wildman–Crippen MR) is 108 cm³/mol. The third-order valence-corrected chi connectivity index (χ3v) is 4.46. The summed E-state index contributed by atoms with van der Waals surface area (Å²) >= 11 is 3.17. The average molecular weight is 427 g/mol. The van der Waals surface area contributed by atoms with Gasteiger partial charge in [0.15, 0.2) is 0 Å². The zero-order valence-electron chi connectivity index (χ0n) is 14.4. The summed E-state index contributed by atoms with van der Waals surface area (Å²) in [6.07, 6.45) is 0. The topological polar surface area (TPSA) is 58.2 Å². The lowest BCUT2D eigenvalue weighted by Crippen LogP contribution is -2.16. The van der Waals surface area contributed by atoms with Gasteiger partial charge in [0.05, 0.1) is 5.69 Å². The number of amides is 2. The standard InChI is InChI=1S/C21H16BrFN2O2/c1-13-7-8-15(21(27)24-18-10-9-16(22)12-17(18)23)11-19(13)25-20(26)14-5-3-2-4-6-14/h2-12H,1H3,(H,24,27)(H,25,26). The molecule has 0 aliphatic rings. The van der Waals surface area contributed by atoms with Gasteiger partial charge in [-0.05, 0) is 55.0 Å². The Morgan fingerprint density at radius 2 is 1.48 bits per heavy atom. The van der Waals surface area contributed by atoms with Gasteiger partial charge in [-0.15, -0.1) is 0 Å². The molecular formula is C21H16BrFN2O2. The van der Waals surface area contributed by atoms with Gasteiger partial charge in [-0.2, -0.15) is 0 Å². The summed E-state index contributed by atoms with van der Waals surface area (Å²) in [6, 6.07) is 18.1. The third-order valence-electron chi connectivity index (χ3n) is 3.96. The lowest BCUT2D eigenvalue weighted by molar-refractivity contribution is 0.101. The van der Waals surface area contributed by atoms with Crippen LogP contribution >= 0.6 is 15.9 Å². The Hall–Kier alpha value is -2.99. The number of hydrogen-bond donors (Lipinski definition) is 2. The molecule has 2 N–H and O–H groups in total. The van der Waals surface area contributed by atoms with E-state index in [1.165, 1.54) is 12.1 Å². The molecule has 0 aliphatic heterocycles. The first-order valence-electron chi connectivity index (χ1n) is 8.17. The van der Waals surface area contributed by atoms with Gasteiger partial charge in [0, 0.05) is 21.3 Å². The lowest BCUT2D eigenvalue weighted by Gasteiger charge is -2.11. The van der Waals surface area contributed by atoms with E-state index in [-0.39, 0.29) is 11.6 Å². The smallest absolute Gasteiger partial charge is 0.255 e. The molecule has 0 spiro atoms. The van der Waals surface area contributed by atoms with E-state index in [4.69, 9.17) is 0 Å². The van der Waals surface area contributed by atoms with Crippen LogP contribution in [0.5, 0.6) is 0 Å². The third kappa shape index (κ3) is 4.60. The van der Waals surface area contributed by atoms with Crippen LogP contribution in [0.1, 0.15) is 26.3 Å². The average Bonchev–Trinajstić information content (AvgIpc) is 2.66. The molecule has 136 valence electrons. The zero-order chi connectivity index (χ0) is 19.4. The van der Waals surface area contributed by atoms with Crippen LogP contribution in [0, 0.1) is 12.7 Å². The highest BCUT2D eigenvalue weighted by molar-refractivity contribution is 9.10. The van der Waals surface area contributed by atoms with Crippen molar-refractivity contribution in [3.8, 4) is 0 Å². The zero-order valence-corrected chi connectivity index (χ0v) is 16.0. The highest BCUT2D eigenvalue weighted by atomic mass is 79.9. The van der Waals surface area contributed by atoms with E-state index in [2.05, 4.69) is 26.6 Å². The first-order chi connectivity index (χ1) is 12.9. The Bertz CT molecular complexity index is 1010. The highest BCUT2D eigenvalue weighted by Gasteiger charge is 2.13. The summed E-state index contributed by atoms with van der Waals surface area (Å²) < 4.78 is 14.5. The SMILES string of the molecule is Cc1ccc(C(=O)Nc2ccc(Br)cc2F)cc1NC(=O)c1ccccc1. The predicted octanol–water partition coefficient (Wildman–Crippen LogP) is 5.40. The number of anilines is 2. The quantitative estimate of drug-likeness (QED) is 0.586. The fourth-order valence-corrected chi connectivity index (χ4v) is 2.80. The maximum Gasteiger partial charge on any atom is 0.255 e. The normalized spacial score (nSPS) is 10.3. The molecule has 2 amide bonds. The van der Waals surface area contributed by atoms with Crippen LogP contribution in [0.15, 0.2) is 71.2 Å². The molecule has 0 saturated carbocycles. The summed E-state index contributed by atoms with van der Waals surface area (Å²) in [7, 11) is 0. The minimum atomic E-state index is -0.539. The number of halogens is 2. The van der Waals surface area contributed by atoms with Crippen molar-refractivity contribution in [2.24, 2.45) is 0 Å². The number of aryl methyl sites for hydroxylation is 1. The summed E-state index contributed by atoms with van der Waals surface area (Å²) in [5.41, 5.74) is 2.24. The number of benzene rings is 3. The molecule has 3 rings (SSSR count). The molecule has 3 aromatic rings. The molecule has 27 heavy (non-hydrogen) atoms. The van der Waals surface area contributed by atoms with E-state index < -0.39 is 11.7 Å². The molecule has 0 fully saturated rings. The molecular weight excluding hydrogens is 411 g/mol. The van der Waals surface area contributed by atoms with E-state index in [0.717, 1.165) is 5.56 Å². The molecule has 0 heterocycles. The molecule has 3 aromatic carbocycles. The minimum absolute atomic E-state index is 0.0821. The van der Waals surface area contributed by atoms with Gasteiger partial charge < -0.3 is 10.6 Å². The molecule has 4 nitrogen and oxygen atoms in total. The monoisotopic (exact) mass is 426 g/mol. The van der Waals surface area contributed by atoms with Crippen molar-refractivity contribution in [3.63, 3.8) is 0 Å². The van der Waals surface area contributed by atoms with E-state index in [1.54, 1.807) is 48.5 Å². The molecule has 0 radical (unpaired) electrons. The number of carbonyl (C=O) groups excluding carboxylic acids is 2. The number of carbonyl (C=O) groups is 2. The second-order valence-corrected chi connectivity index (χ2v) is 6.84. The maximum absolute atomic E-state index is 13.9. The van der Waals surface area contributed by atoms with Gasteiger partial charge in [0.1, 0.15) is 5.82 Å². The Balaban J connectivity index is 1.80. The Morgan fingerprint density at radius 3 is 2.19 bits per heavy atom. The van der Waals surface area contributed by atoms with Gasteiger partial charge in [-0.1, -0.05) is 40.2 Å². The van der Waals surface area contributed by atoms with Crippen molar-refractivity contribution in [2.45, 2.75) is 6.92 Å². The van der Waals surface area contributed by atoms with Gasteiger partial charge in [-0.3, -0.25) is 9.59 Å². The molecule has 0 saturated heterocycles. The molecule has 0 bridgehead atoms. The summed E-state index contributed by atoms with van der Waals surface area (Å²) in [4.78, 5) is 24.8. The van der Waals surface area contributed by atoms with E-state index >= 15 is 0 Å². The number of hydrogen-bond acceptors (Lipinski definition) is 2. The van der Waals surface area contributed by atoms with Crippen LogP contribution in [0.2, 0.25) is 0 Å². The second-order valence-electron chi connectivity index (χ2n) is 5.93. The van der Waals surface area contributed by atoms with Gasteiger partial charge in [0.25, 0.3) is 11.8 Å². The largest absolute Gasteiger partial charge is 0.322 e. The van der Waals surface area contributed by atoms with Crippen LogP contribution < -0.4 is 10.6 Å². The summed E-state index contributed by atoms with van der Waals surface area (Å²) in [5, 5.41) is 5.34. The van der Waals surface area contributed by atoms with Crippen LogP contribution in [-0.4, -0.2) is 11.8 Å². The van der Waals surface area contributed by atoms with Crippen molar-refractivity contribution in [2.75, 3.05) is 10.6 Å². The van der Waals surface area contributed by atoms with Crippen molar-refractivity contribution >= 4 is 39.1 Å². The number of rotatable bonds is 4. The second kappa shape index (κ2) is 8.14. The molecule has 6 heteroatoms. The van der Waals surface area contributed by atoms with Crippen LogP contribution in [0.4, 0.5) is 15.8 Å². The van der Waals surface area contributed by atoms with Crippen molar-refractivity contribution in [1.29, 1.82) is 0 Å². The first kappa shape index (κ1) is 18.8. The van der Waals surface area contributed by atoms with E-state index in [9.17, 15) is 14.0 Å². The Labute approximate surface area is 164 Å². The minimum Gasteiger partial charge on any atom is -0.322 e. The van der Waals surface area contributed by atoms with Gasteiger partial charge in [0.2, 0.25) is 0 Å². The lowest BCUT2D eigenvalue weighted by atomic mass is 10.1. The van der Waals surface area contributed by atoms with Crippen LogP contribution in [0.25, 0.3) is 0 Å². The van der Waals surface area contributed by atoms with Crippen molar-refractivity contribution in [1.82, 2.24) is 0 Å². The molecule has 0 unspecified atom stereocenters.